The topological polar surface area (TPSA) is 26.3 Å². The lowest BCUT2D eigenvalue weighted by atomic mass is 10.2. The Morgan fingerprint density at radius 1 is 1.28 bits per heavy atom. The molecule has 2 nitrogen and oxygen atoms in total. The molecule has 108 valence electrons. The second-order valence-corrected chi connectivity index (χ2v) is 5.28. The van der Waals surface area contributed by atoms with E-state index in [-0.39, 0.29) is 17.6 Å². The second-order valence-electron chi connectivity index (χ2n) is 3.97. The van der Waals surface area contributed by atoms with E-state index in [1.165, 1.54) is 11.8 Å². The highest BCUT2D eigenvalue weighted by molar-refractivity contribution is 8.00. The van der Waals surface area contributed by atoms with Crippen molar-refractivity contribution in [2.24, 2.45) is 0 Å². The number of alkyl halides is 3. The highest BCUT2D eigenvalue weighted by atomic mass is 32.2. The molecule has 1 atom stereocenters. The number of ether oxygens (including phenoxy) is 1. The Morgan fingerprint density at radius 2 is 1.94 bits per heavy atom. The average Bonchev–Trinajstić information content (AvgIpc) is 2.26. The zero-order chi connectivity index (χ0) is 14.0. The van der Waals surface area contributed by atoms with Crippen molar-refractivity contribution in [1.82, 2.24) is 0 Å². The minimum absolute atomic E-state index is 0.123. The Labute approximate surface area is 111 Å². The molecule has 0 aliphatic heterocycles. The van der Waals surface area contributed by atoms with Crippen molar-refractivity contribution >= 4 is 17.7 Å². The van der Waals surface area contributed by atoms with Crippen LogP contribution in [0.5, 0.6) is 0 Å². The van der Waals surface area contributed by atoms with E-state index in [2.05, 4.69) is 0 Å². The van der Waals surface area contributed by atoms with E-state index in [4.69, 9.17) is 4.74 Å². The number of thioether (sulfide) groups is 1. The minimum Gasteiger partial charge on any atom is -0.465 e. The molecule has 0 rings (SSSR count). The lowest BCUT2D eigenvalue weighted by Gasteiger charge is -2.14. The smallest absolute Gasteiger partial charge is 0.389 e. The van der Waals surface area contributed by atoms with Gasteiger partial charge in [0.2, 0.25) is 0 Å². The molecule has 0 N–H and O–H groups in total. The molecule has 1 unspecified atom stereocenters. The molecule has 0 aliphatic carbocycles. The summed E-state index contributed by atoms with van der Waals surface area (Å²) in [5.41, 5.74) is 0. The van der Waals surface area contributed by atoms with Gasteiger partial charge in [0.1, 0.15) is 5.25 Å². The summed E-state index contributed by atoms with van der Waals surface area (Å²) in [7, 11) is 0. The predicted octanol–water partition coefficient (Wildman–Crippen LogP) is 4.18. The van der Waals surface area contributed by atoms with Crippen molar-refractivity contribution < 1.29 is 22.7 Å². The molecule has 6 heteroatoms. The summed E-state index contributed by atoms with van der Waals surface area (Å²) in [5.74, 6) is 0.319. The maximum atomic E-state index is 11.9. The molecule has 0 aromatic carbocycles. The highest BCUT2D eigenvalue weighted by Crippen LogP contribution is 2.24. The van der Waals surface area contributed by atoms with E-state index in [0.29, 0.717) is 25.2 Å². The molecule has 0 amide bonds. The summed E-state index contributed by atoms with van der Waals surface area (Å²) >= 11 is 1.40. The SMILES string of the molecule is CCCC(SCCCCC(F)(F)F)C(=O)OCC. The normalized spacial score (nSPS) is 13.4. The molecular weight excluding hydrogens is 265 g/mol. The van der Waals surface area contributed by atoms with Crippen molar-refractivity contribution in [3.8, 4) is 0 Å². The summed E-state index contributed by atoms with van der Waals surface area (Å²) in [6.45, 7) is 4.05. The Hall–Kier alpha value is -0.390. The molecule has 0 radical (unpaired) electrons. The summed E-state index contributed by atoms with van der Waals surface area (Å²) < 4.78 is 40.7. The summed E-state index contributed by atoms with van der Waals surface area (Å²) in [6, 6.07) is 0. The van der Waals surface area contributed by atoms with E-state index < -0.39 is 12.6 Å². The number of unbranched alkanes of at least 4 members (excludes halogenated alkanes) is 1. The number of hydrogen-bond donors (Lipinski definition) is 0. The third-order valence-electron chi connectivity index (χ3n) is 2.27. The van der Waals surface area contributed by atoms with Crippen LogP contribution in [0, 0.1) is 0 Å². The van der Waals surface area contributed by atoms with Gasteiger partial charge >= 0.3 is 12.1 Å². The highest BCUT2D eigenvalue weighted by Gasteiger charge is 2.26. The van der Waals surface area contributed by atoms with E-state index in [9.17, 15) is 18.0 Å². The Morgan fingerprint density at radius 3 is 2.44 bits per heavy atom. The van der Waals surface area contributed by atoms with E-state index in [1.54, 1.807) is 6.92 Å². The Kier molecular flexibility index (Phi) is 9.32. The first-order valence-corrected chi connectivity index (χ1v) is 7.30. The van der Waals surface area contributed by atoms with Crippen molar-refractivity contribution in [1.29, 1.82) is 0 Å². The predicted molar refractivity (Wildman–Crippen MR) is 67.7 cm³/mol. The first-order valence-electron chi connectivity index (χ1n) is 6.25. The van der Waals surface area contributed by atoms with Gasteiger partial charge in [0.25, 0.3) is 0 Å². The third-order valence-corrected chi connectivity index (χ3v) is 3.63. The molecule has 0 aromatic rings. The van der Waals surface area contributed by atoms with Crippen molar-refractivity contribution in [3.05, 3.63) is 0 Å². The van der Waals surface area contributed by atoms with Gasteiger partial charge in [-0.15, -0.1) is 11.8 Å². The standard InChI is InChI=1S/C12H21F3O2S/c1-3-7-10(11(16)17-4-2)18-9-6-5-8-12(13,14)15/h10H,3-9H2,1-2H3. The zero-order valence-corrected chi connectivity index (χ0v) is 11.7. The summed E-state index contributed by atoms with van der Waals surface area (Å²) in [5, 5.41) is -0.235. The van der Waals surface area contributed by atoms with Crippen LogP contribution in [0.4, 0.5) is 13.2 Å². The molecule has 0 spiro atoms. The van der Waals surface area contributed by atoms with E-state index in [1.807, 2.05) is 6.92 Å². The van der Waals surface area contributed by atoms with Crippen LogP contribution in [0.1, 0.15) is 46.0 Å². The lowest BCUT2D eigenvalue weighted by Crippen LogP contribution is -2.20. The summed E-state index contributed by atoms with van der Waals surface area (Å²) in [4.78, 5) is 11.5. The van der Waals surface area contributed by atoms with Crippen LogP contribution < -0.4 is 0 Å². The van der Waals surface area contributed by atoms with Crippen molar-refractivity contribution in [2.75, 3.05) is 12.4 Å². The maximum Gasteiger partial charge on any atom is 0.389 e. The molecule has 0 bridgehead atoms. The lowest BCUT2D eigenvalue weighted by molar-refractivity contribution is -0.142. The Balaban J connectivity index is 3.80. The number of esters is 1. The van der Waals surface area contributed by atoms with Gasteiger partial charge in [-0.05, 0) is 31.9 Å². The van der Waals surface area contributed by atoms with Gasteiger partial charge in [0.15, 0.2) is 0 Å². The van der Waals surface area contributed by atoms with Crippen LogP contribution >= 0.6 is 11.8 Å². The molecule has 0 aliphatic rings. The summed E-state index contributed by atoms with van der Waals surface area (Å²) in [6.07, 6.45) is -2.65. The Bertz CT molecular complexity index is 232. The fraction of sp³-hybridized carbons (Fsp3) is 0.917. The molecule has 0 aromatic heterocycles. The number of carbonyl (C=O) groups is 1. The average molecular weight is 286 g/mol. The number of carbonyl (C=O) groups excluding carboxylic acids is 1. The number of halogens is 3. The molecule has 0 heterocycles. The van der Waals surface area contributed by atoms with Gasteiger partial charge < -0.3 is 4.74 Å². The third kappa shape index (κ3) is 9.62. The molecular formula is C12H21F3O2S. The molecule has 0 fully saturated rings. The van der Waals surface area contributed by atoms with Crippen LogP contribution in [0.2, 0.25) is 0 Å². The van der Waals surface area contributed by atoms with Crippen molar-refractivity contribution in [3.63, 3.8) is 0 Å². The van der Waals surface area contributed by atoms with E-state index in [0.717, 1.165) is 6.42 Å². The minimum atomic E-state index is -4.07. The van der Waals surface area contributed by atoms with Crippen LogP contribution in [0.3, 0.4) is 0 Å². The molecule has 0 saturated heterocycles. The van der Waals surface area contributed by atoms with Gasteiger partial charge in [-0.2, -0.15) is 13.2 Å². The van der Waals surface area contributed by atoms with E-state index >= 15 is 0 Å². The van der Waals surface area contributed by atoms with Crippen LogP contribution in [0.15, 0.2) is 0 Å². The van der Waals surface area contributed by atoms with Gasteiger partial charge in [0.05, 0.1) is 6.61 Å². The number of rotatable bonds is 9. The van der Waals surface area contributed by atoms with Gasteiger partial charge in [-0.1, -0.05) is 13.3 Å². The first kappa shape index (κ1) is 17.6. The molecule has 18 heavy (non-hydrogen) atoms. The zero-order valence-electron chi connectivity index (χ0n) is 10.9. The van der Waals surface area contributed by atoms with Crippen molar-refractivity contribution in [2.45, 2.75) is 57.4 Å². The van der Waals surface area contributed by atoms with Crippen LogP contribution in [-0.2, 0) is 9.53 Å². The van der Waals surface area contributed by atoms with Gasteiger partial charge in [0, 0.05) is 6.42 Å². The number of hydrogen-bond acceptors (Lipinski definition) is 3. The molecule has 0 saturated carbocycles. The monoisotopic (exact) mass is 286 g/mol. The van der Waals surface area contributed by atoms with Crippen LogP contribution in [-0.4, -0.2) is 29.8 Å². The largest absolute Gasteiger partial charge is 0.465 e. The maximum absolute atomic E-state index is 11.9. The quantitative estimate of drug-likeness (QED) is 0.470. The van der Waals surface area contributed by atoms with Gasteiger partial charge in [-0.25, -0.2) is 0 Å². The first-order chi connectivity index (χ1) is 8.40. The fourth-order valence-corrected chi connectivity index (χ4v) is 2.68. The second kappa shape index (κ2) is 9.53. The fourth-order valence-electron chi connectivity index (χ4n) is 1.42. The van der Waals surface area contributed by atoms with Gasteiger partial charge in [-0.3, -0.25) is 4.79 Å². The van der Waals surface area contributed by atoms with Crippen LogP contribution in [0.25, 0.3) is 0 Å².